The van der Waals surface area contributed by atoms with Crippen LogP contribution in [0, 0.1) is 29.8 Å². The maximum Gasteiger partial charge on any atom is 0.416 e. The summed E-state index contributed by atoms with van der Waals surface area (Å²) < 4.78 is 20.9. The van der Waals surface area contributed by atoms with E-state index >= 15 is 0 Å². The second-order valence-electron chi connectivity index (χ2n) is 8.13. The zero-order chi connectivity index (χ0) is 22.4. The van der Waals surface area contributed by atoms with Gasteiger partial charge in [-0.2, -0.15) is 0 Å². The van der Waals surface area contributed by atoms with Crippen LogP contribution in [0.15, 0.2) is 23.0 Å². The Bertz CT molecular complexity index is 1100. The zero-order valence-corrected chi connectivity index (χ0v) is 17.4. The minimum atomic E-state index is -0.823. The molecule has 1 N–H and O–H groups in total. The maximum atomic E-state index is 14.4. The standard InChI is InChI=1S/C20H23FN4O5/c1-11-6-7-14(13(21)10-11)22-15-12(2)18(26)23-8-9-24(17(23)16(15)25(28)29)19(27)30-20(3,4)5/h6-7,10,22H,8-9H2,1-5H3. The lowest BCUT2D eigenvalue weighted by Gasteiger charge is -2.24. The Kier molecular flexibility index (Phi) is 5.27. The number of hydrogen-bond acceptors (Lipinski definition) is 6. The van der Waals surface area contributed by atoms with E-state index < -0.39 is 33.7 Å². The predicted octanol–water partition coefficient (Wildman–Crippen LogP) is 4.01. The molecule has 1 aliphatic rings. The summed E-state index contributed by atoms with van der Waals surface area (Å²) in [7, 11) is 0. The lowest BCUT2D eigenvalue weighted by atomic mass is 10.1. The molecule has 0 radical (unpaired) electrons. The predicted molar refractivity (Wildman–Crippen MR) is 110 cm³/mol. The van der Waals surface area contributed by atoms with Crippen molar-refractivity contribution in [3.63, 3.8) is 0 Å². The first kappa shape index (κ1) is 21.3. The quantitative estimate of drug-likeness (QED) is 0.596. The van der Waals surface area contributed by atoms with E-state index in [0.717, 1.165) is 4.90 Å². The van der Waals surface area contributed by atoms with Crippen LogP contribution in [0.1, 0.15) is 31.9 Å². The highest BCUT2D eigenvalue weighted by Gasteiger charge is 2.39. The molecule has 160 valence electrons. The van der Waals surface area contributed by atoms with Crippen LogP contribution in [0.4, 0.5) is 32.1 Å². The molecular weight excluding hydrogens is 395 g/mol. The molecule has 1 amide bonds. The van der Waals surface area contributed by atoms with E-state index in [-0.39, 0.29) is 35.8 Å². The summed E-state index contributed by atoms with van der Waals surface area (Å²) in [5.74, 6) is -0.798. The molecular formula is C20H23FN4O5. The van der Waals surface area contributed by atoms with Crippen LogP contribution in [0.25, 0.3) is 0 Å². The van der Waals surface area contributed by atoms with Crippen LogP contribution < -0.4 is 15.8 Å². The van der Waals surface area contributed by atoms with Gasteiger partial charge in [-0.1, -0.05) is 6.07 Å². The Morgan fingerprint density at radius 1 is 1.27 bits per heavy atom. The van der Waals surface area contributed by atoms with Crippen LogP contribution in [-0.2, 0) is 11.3 Å². The number of aromatic nitrogens is 1. The number of amides is 1. The molecule has 3 rings (SSSR count). The van der Waals surface area contributed by atoms with E-state index in [2.05, 4.69) is 5.32 Å². The number of anilines is 3. The van der Waals surface area contributed by atoms with Crippen molar-refractivity contribution < 1.29 is 18.8 Å². The lowest BCUT2D eigenvalue weighted by Crippen LogP contribution is -2.36. The number of fused-ring (bicyclic) bond motifs is 1. The van der Waals surface area contributed by atoms with Crippen LogP contribution in [-0.4, -0.2) is 27.7 Å². The summed E-state index contributed by atoms with van der Waals surface area (Å²) in [5.41, 5.74) is -1.26. The van der Waals surface area contributed by atoms with Gasteiger partial charge in [-0.15, -0.1) is 0 Å². The molecule has 0 bridgehead atoms. The molecule has 2 heterocycles. The summed E-state index contributed by atoms with van der Waals surface area (Å²) >= 11 is 0. The van der Waals surface area contributed by atoms with Gasteiger partial charge >= 0.3 is 11.8 Å². The fraction of sp³-hybridized carbons (Fsp3) is 0.400. The van der Waals surface area contributed by atoms with Gasteiger partial charge in [0.25, 0.3) is 5.56 Å². The molecule has 9 nitrogen and oxygen atoms in total. The number of carbonyl (C=O) groups is 1. The number of benzene rings is 1. The topological polar surface area (TPSA) is 107 Å². The van der Waals surface area contributed by atoms with E-state index in [1.165, 1.54) is 23.6 Å². The van der Waals surface area contributed by atoms with Crippen LogP contribution in [0.2, 0.25) is 0 Å². The lowest BCUT2D eigenvalue weighted by molar-refractivity contribution is -0.383. The molecule has 0 unspecified atom stereocenters. The number of aryl methyl sites for hydroxylation is 1. The van der Waals surface area contributed by atoms with Crippen LogP contribution in [0.3, 0.4) is 0 Å². The fourth-order valence-electron chi connectivity index (χ4n) is 3.29. The van der Waals surface area contributed by atoms with E-state index in [0.29, 0.717) is 5.56 Å². The largest absolute Gasteiger partial charge is 0.443 e. The van der Waals surface area contributed by atoms with E-state index in [9.17, 15) is 24.1 Å². The summed E-state index contributed by atoms with van der Waals surface area (Å²) in [6.45, 7) is 8.29. The number of nitrogens with one attached hydrogen (secondary N) is 1. The molecule has 0 saturated carbocycles. The Labute approximate surface area is 172 Å². The normalized spacial score (nSPS) is 13.2. The van der Waals surface area contributed by atoms with Gasteiger partial charge in [0.05, 0.1) is 10.6 Å². The second kappa shape index (κ2) is 7.43. The number of rotatable bonds is 3. The number of nitro groups is 1. The molecule has 30 heavy (non-hydrogen) atoms. The van der Waals surface area contributed by atoms with Crippen molar-refractivity contribution in [3.05, 3.63) is 55.6 Å². The van der Waals surface area contributed by atoms with Gasteiger partial charge in [-0.25, -0.2) is 9.18 Å². The van der Waals surface area contributed by atoms with Gasteiger partial charge in [-0.3, -0.25) is 24.4 Å². The van der Waals surface area contributed by atoms with Gasteiger partial charge in [-0.05, 0) is 52.3 Å². The van der Waals surface area contributed by atoms with Gasteiger partial charge < -0.3 is 10.1 Å². The Balaban J connectivity index is 2.19. The minimum absolute atomic E-state index is 0.0158. The van der Waals surface area contributed by atoms with Crippen molar-refractivity contribution in [2.75, 3.05) is 16.8 Å². The Morgan fingerprint density at radius 2 is 1.93 bits per heavy atom. The summed E-state index contributed by atoms with van der Waals surface area (Å²) in [6.07, 6.45) is -0.799. The first-order valence-corrected chi connectivity index (χ1v) is 9.36. The van der Waals surface area contributed by atoms with Crippen molar-refractivity contribution in [1.82, 2.24) is 4.57 Å². The molecule has 0 fully saturated rings. The summed E-state index contributed by atoms with van der Waals surface area (Å²) in [5, 5.41) is 14.7. The third kappa shape index (κ3) is 3.85. The summed E-state index contributed by atoms with van der Waals surface area (Å²) in [4.78, 5) is 37.9. The molecule has 1 aromatic carbocycles. The second-order valence-corrected chi connectivity index (χ2v) is 8.13. The maximum absolute atomic E-state index is 14.4. The van der Waals surface area contributed by atoms with Crippen molar-refractivity contribution in [3.8, 4) is 0 Å². The van der Waals surface area contributed by atoms with Gasteiger partial charge in [0.1, 0.15) is 17.1 Å². The van der Waals surface area contributed by atoms with Gasteiger partial charge in [0.2, 0.25) is 5.82 Å². The Hall–Kier alpha value is -3.43. The Morgan fingerprint density at radius 3 is 2.50 bits per heavy atom. The molecule has 1 aliphatic heterocycles. The average Bonchev–Trinajstić information content (AvgIpc) is 3.04. The van der Waals surface area contributed by atoms with Crippen molar-refractivity contribution in [1.29, 1.82) is 0 Å². The molecule has 0 saturated heterocycles. The molecule has 2 aromatic rings. The first-order valence-electron chi connectivity index (χ1n) is 9.36. The highest BCUT2D eigenvalue weighted by Crippen LogP contribution is 2.40. The third-order valence-electron chi connectivity index (χ3n) is 4.63. The van der Waals surface area contributed by atoms with E-state index in [4.69, 9.17) is 4.74 Å². The number of nitrogens with zero attached hydrogens (tertiary/aromatic N) is 3. The number of halogens is 1. The van der Waals surface area contributed by atoms with Gasteiger partial charge in [0.15, 0.2) is 0 Å². The molecule has 10 heteroatoms. The van der Waals surface area contributed by atoms with E-state index in [1.807, 2.05) is 0 Å². The number of carbonyl (C=O) groups excluding carboxylic acids is 1. The SMILES string of the molecule is Cc1ccc(Nc2c([N+](=O)[O-])c3n(c(=O)c2C)CCN3C(=O)OC(C)(C)C)c(F)c1. The molecule has 0 atom stereocenters. The van der Waals surface area contributed by atoms with Gasteiger partial charge in [0, 0.05) is 18.7 Å². The third-order valence-corrected chi connectivity index (χ3v) is 4.63. The minimum Gasteiger partial charge on any atom is -0.443 e. The smallest absolute Gasteiger partial charge is 0.416 e. The zero-order valence-electron chi connectivity index (χ0n) is 17.4. The highest BCUT2D eigenvalue weighted by atomic mass is 19.1. The number of pyridine rings is 1. The first-order chi connectivity index (χ1) is 13.9. The number of hydrogen-bond donors (Lipinski definition) is 1. The monoisotopic (exact) mass is 418 g/mol. The van der Waals surface area contributed by atoms with Crippen LogP contribution >= 0.6 is 0 Å². The van der Waals surface area contributed by atoms with Crippen molar-refractivity contribution in [2.24, 2.45) is 0 Å². The highest BCUT2D eigenvalue weighted by molar-refractivity contribution is 5.94. The van der Waals surface area contributed by atoms with E-state index in [1.54, 1.807) is 33.8 Å². The molecule has 0 spiro atoms. The average molecular weight is 418 g/mol. The van der Waals surface area contributed by atoms with Crippen molar-refractivity contribution in [2.45, 2.75) is 46.8 Å². The molecule has 0 aliphatic carbocycles. The fourth-order valence-corrected chi connectivity index (χ4v) is 3.29. The number of ether oxygens (including phenoxy) is 1. The van der Waals surface area contributed by atoms with Crippen LogP contribution in [0.5, 0.6) is 0 Å². The van der Waals surface area contributed by atoms with Crippen molar-refractivity contribution >= 4 is 29.0 Å². The molecule has 1 aromatic heterocycles. The summed E-state index contributed by atoms with van der Waals surface area (Å²) in [6, 6.07) is 4.35.